The van der Waals surface area contributed by atoms with E-state index in [9.17, 15) is 14.4 Å². The first-order valence-electron chi connectivity index (χ1n) is 5.09. The molecule has 0 aromatic heterocycles. The van der Waals surface area contributed by atoms with Crippen LogP contribution in [0.1, 0.15) is 12.8 Å². The van der Waals surface area contributed by atoms with Gasteiger partial charge in [0.15, 0.2) is 0 Å². The van der Waals surface area contributed by atoms with Crippen molar-refractivity contribution in [2.75, 3.05) is 13.1 Å². The van der Waals surface area contributed by atoms with Crippen molar-refractivity contribution in [3.8, 4) is 0 Å². The summed E-state index contributed by atoms with van der Waals surface area (Å²) >= 11 is 0. The van der Waals surface area contributed by atoms with Crippen LogP contribution in [-0.2, 0) is 9.59 Å². The third kappa shape index (κ3) is 1.14. The van der Waals surface area contributed by atoms with E-state index in [0.29, 0.717) is 0 Å². The fourth-order valence-corrected chi connectivity index (χ4v) is 2.13. The van der Waals surface area contributed by atoms with Crippen LogP contribution in [0.5, 0.6) is 0 Å². The number of fused-ring (bicyclic) bond motifs is 1. The van der Waals surface area contributed by atoms with Crippen molar-refractivity contribution in [2.24, 2.45) is 0 Å². The molecule has 1 aliphatic carbocycles. The van der Waals surface area contributed by atoms with E-state index in [1.165, 1.54) is 9.80 Å². The number of hydrogen-bond acceptors (Lipinski definition) is 3. The molecule has 3 aliphatic rings. The summed E-state index contributed by atoms with van der Waals surface area (Å²) in [7, 11) is 0. The van der Waals surface area contributed by atoms with Crippen LogP contribution in [0.3, 0.4) is 0 Å². The second kappa shape index (κ2) is 2.71. The molecule has 2 saturated heterocycles. The Morgan fingerprint density at radius 2 is 1.93 bits per heavy atom. The van der Waals surface area contributed by atoms with Gasteiger partial charge in [-0.15, -0.1) is 0 Å². The molecule has 0 radical (unpaired) electrons. The molecule has 0 spiro atoms. The molecular formula is C9H11N3O3. The zero-order valence-electron chi connectivity index (χ0n) is 8.10. The molecule has 6 heteroatoms. The van der Waals surface area contributed by atoms with E-state index in [2.05, 4.69) is 5.32 Å². The summed E-state index contributed by atoms with van der Waals surface area (Å²) in [6.07, 6.45) is 1.80. The first-order valence-corrected chi connectivity index (χ1v) is 5.09. The van der Waals surface area contributed by atoms with Crippen molar-refractivity contribution in [3.05, 3.63) is 0 Å². The molecule has 1 saturated carbocycles. The van der Waals surface area contributed by atoms with Gasteiger partial charge in [0.05, 0.1) is 0 Å². The fraction of sp³-hybridized carbons (Fsp3) is 0.667. The van der Waals surface area contributed by atoms with Crippen LogP contribution in [-0.4, -0.2) is 52.8 Å². The second-order valence-corrected chi connectivity index (χ2v) is 4.17. The maximum absolute atomic E-state index is 11.9. The van der Waals surface area contributed by atoms with E-state index >= 15 is 0 Å². The van der Waals surface area contributed by atoms with Gasteiger partial charge in [-0.3, -0.25) is 14.5 Å². The smallest absolute Gasteiger partial charge is 0.328 e. The lowest BCUT2D eigenvalue weighted by Crippen LogP contribution is -2.54. The van der Waals surface area contributed by atoms with Crippen LogP contribution >= 0.6 is 0 Å². The number of piperazine rings is 1. The van der Waals surface area contributed by atoms with Crippen LogP contribution in [0.15, 0.2) is 0 Å². The fourth-order valence-electron chi connectivity index (χ4n) is 2.13. The lowest BCUT2D eigenvalue weighted by molar-refractivity contribution is -0.130. The summed E-state index contributed by atoms with van der Waals surface area (Å²) in [6.45, 7) is 0.269. The Morgan fingerprint density at radius 3 is 2.60 bits per heavy atom. The Balaban J connectivity index is 1.89. The number of nitrogens with one attached hydrogen (secondary N) is 1. The molecule has 1 unspecified atom stereocenters. The van der Waals surface area contributed by atoms with Gasteiger partial charge in [0.2, 0.25) is 5.91 Å². The Labute approximate surface area is 86.2 Å². The molecule has 0 bridgehead atoms. The number of imide groups is 1. The molecule has 3 rings (SSSR count). The molecule has 1 N–H and O–H groups in total. The van der Waals surface area contributed by atoms with Gasteiger partial charge in [-0.1, -0.05) is 0 Å². The van der Waals surface area contributed by atoms with Crippen molar-refractivity contribution in [2.45, 2.75) is 24.9 Å². The molecule has 2 aliphatic heterocycles. The topological polar surface area (TPSA) is 69.7 Å². The summed E-state index contributed by atoms with van der Waals surface area (Å²) in [5, 5.41) is 2.60. The predicted molar refractivity (Wildman–Crippen MR) is 48.8 cm³/mol. The number of nitrogens with zero attached hydrogens (tertiary/aromatic N) is 2. The molecule has 2 heterocycles. The Bertz CT molecular complexity index is 364. The summed E-state index contributed by atoms with van der Waals surface area (Å²) in [5.41, 5.74) is 0. The van der Waals surface area contributed by atoms with E-state index < -0.39 is 6.04 Å². The van der Waals surface area contributed by atoms with Crippen LogP contribution in [0, 0.1) is 0 Å². The normalized spacial score (nSPS) is 30.7. The van der Waals surface area contributed by atoms with E-state index in [-0.39, 0.29) is 37.0 Å². The third-order valence-corrected chi connectivity index (χ3v) is 3.07. The Kier molecular flexibility index (Phi) is 1.57. The number of amides is 4. The molecule has 1 atom stereocenters. The van der Waals surface area contributed by atoms with Crippen LogP contribution in [0.25, 0.3) is 0 Å². The van der Waals surface area contributed by atoms with E-state index in [0.717, 1.165) is 12.8 Å². The van der Waals surface area contributed by atoms with Gasteiger partial charge in [0, 0.05) is 12.6 Å². The SMILES string of the molecule is O=C1CN2C(=O)N(C3CC3)C(=O)C2CN1. The monoisotopic (exact) mass is 209 g/mol. The van der Waals surface area contributed by atoms with Gasteiger partial charge < -0.3 is 10.2 Å². The summed E-state index contributed by atoms with van der Waals surface area (Å²) in [4.78, 5) is 37.5. The second-order valence-electron chi connectivity index (χ2n) is 4.17. The minimum absolute atomic E-state index is 0.0124. The van der Waals surface area contributed by atoms with Crippen molar-refractivity contribution in [1.29, 1.82) is 0 Å². The standard InChI is InChI=1S/C9H11N3O3/c13-7-4-11-6(3-10-7)8(14)12(9(11)15)5-1-2-5/h5-6H,1-4H2,(H,10,13). The Hall–Kier alpha value is -1.59. The maximum Gasteiger partial charge on any atom is 0.328 e. The minimum Gasteiger partial charge on any atom is -0.352 e. The van der Waals surface area contributed by atoms with Gasteiger partial charge in [-0.25, -0.2) is 4.79 Å². The van der Waals surface area contributed by atoms with Crippen LogP contribution in [0.4, 0.5) is 4.79 Å². The lowest BCUT2D eigenvalue weighted by Gasteiger charge is -2.26. The van der Waals surface area contributed by atoms with Crippen molar-refractivity contribution in [3.63, 3.8) is 0 Å². The summed E-state index contributed by atoms with van der Waals surface area (Å²) in [5.74, 6) is -0.340. The zero-order valence-corrected chi connectivity index (χ0v) is 8.10. The molecule has 80 valence electrons. The summed E-state index contributed by atoms with van der Waals surface area (Å²) < 4.78 is 0. The van der Waals surface area contributed by atoms with Gasteiger partial charge in [-0.05, 0) is 12.8 Å². The number of urea groups is 1. The van der Waals surface area contributed by atoms with E-state index in [1.54, 1.807) is 0 Å². The average molecular weight is 209 g/mol. The molecule has 15 heavy (non-hydrogen) atoms. The average Bonchev–Trinajstić information content (AvgIpc) is 2.98. The minimum atomic E-state index is -0.462. The highest BCUT2D eigenvalue weighted by Crippen LogP contribution is 2.32. The third-order valence-electron chi connectivity index (χ3n) is 3.07. The highest BCUT2D eigenvalue weighted by Gasteiger charge is 2.52. The van der Waals surface area contributed by atoms with Gasteiger partial charge >= 0.3 is 6.03 Å². The summed E-state index contributed by atoms with van der Waals surface area (Å²) in [6, 6.07) is -0.663. The number of carbonyl (C=O) groups is 3. The molecule has 3 fully saturated rings. The highest BCUT2D eigenvalue weighted by atomic mass is 16.2. The van der Waals surface area contributed by atoms with Gasteiger partial charge in [-0.2, -0.15) is 0 Å². The molecular weight excluding hydrogens is 198 g/mol. The predicted octanol–water partition coefficient (Wildman–Crippen LogP) is -1.09. The van der Waals surface area contributed by atoms with E-state index in [4.69, 9.17) is 0 Å². The maximum atomic E-state index is 11.9. The van der Waals surface area contributed by atoms with Gasteiger partial charge in [0.25, 0.3) is 5.91 Å². The van der Waals surface area contributed by atoms with Crippen LogP contribution in [0.2, 0.25) is 0 Å². The lowest BCUT2D eigenvalue weighted by atomic mass is 10.2. The van der Waals surface area contributed by atoms with Gasteiger partial charge in [0.1, 0.15) is 12.6 Å². The highest BCUT2D eigenvalue weighted by molar-refractivity contribution is 6.07. The van der Waals surface area contributed by atoms with Crippen LogP contribution < -0.4 is 5.32 Å². The van der Waals surface area contributed by atoms with Crippen molar-refractivity contribution in [1.82, 2.24) is 15.1 Å². The van der Waals surface area contributed by atoms with Crippen molar-refractivity contribution >= 4 is 17.8 Å². The van der Waals surface area contributed by atoms with Crippen molar-refractivity contribution < 1.29 is 14.4 Å². The quantitative estimate of drug-likeness (QED) is 0.558. The molecule has 6 nitrogen and oxygen atoms in total. The zero-order chi connectivity index (χ0) is 10.6. The number of rotatable bonds is 1. The number of hydrogen-bond donors (Lipinski definition) is 1. The molecule has 0 aromatic carbocycles. The largest absolute Gasteiger partial charge is 0.352 e. The van der Waals surface area contributed by atoms with E-state index in [1.807, 2.05) is 0 Å². The first kappa shape index (κ1) is 8.70. The molecule has 0 aromatic rings. The Morgan fingerprint density at radius 1 is 1.20 bits per heavy atom. The first-order chi connectivity index (χ1) is 7.18. The molecule has 4 amide bonds. The number of carbonyl (C=O) groups excluding carboxylic acids is 3.